The zero-order valence-electron chi connectivity index (χ0n) is 15.5. The molecule has 2 aromatic carbocycles. The number of carbonyl (C=O) groups is 1. The molecule has 0 saturated carbocycles. The SMILES string of the molecule is COc1ccc(CCNCC(=O)NCc2ccc(OC)c(OC)c2)cc1. The summed E-state index contributed by atoms with van der Waals surface area (Å²) in [6.07, 6.45) is 0.854. The third-order valence-electron chi connectivity index (χ3n) is 3.97. The molecule has 0 aliphatic rings. The first-order chi connectivity index (χ1) is 12.7. The normalized spacial score (nSPS) is 10.3. The van der Waals surface area contributed by atoms with Crippen molar-refractivity contribution < 1.29 is 19.0 Å². The highest BCUT2D eigenvalue weighted by molar-refractivity contribution is 5.78. The van der Waals surface area contributed by atoms with Crippen molar-refractivity contribution in [3.8, 4) is 17.2 Å². The first-order valence-corrected chi connectivity index (χ1v) is 8.47. The average Bonchev–Trinajstić information content (AvgIpc) is 2.69. The van der Waals surface area contributed by atoms with Crippen molar-refractivity contribution in [2.75, 3.05) is 34.4 Å². The Bertz CT molecular complexity index is 701. The van der Waals surface area contributed by atoms with Crippen molar-refractivity contribution in [2.45, 2.75) is 13.0 Å². The van der Waals surface area contributed by atoms with Gasteiger partial charge in [0.1, 0.15) is 5.75 Å². The van der Waals surface area contributed by atoms with Crippen molar-refractivity contribution in [3.63, 3.8) is 0 Å². The summed E-state index contributed by atoms with van der Waals surface area (Å²) in [5.74, 6) is 2.12. The quantitative estimate of drug-likeness (QED) is 0.637. The molecule has 2 N–H and O–H groups in total. The van der Waals surface area contributed by atoms with Gasteiger partial charge in [-0.15, -0.1) is 0 Å². The van der Waals surface area contributed by atoms with Gasteiger partial charge in [-0.25, -0.2) is 0 Å². The number of benzene rings is 2. The second kappa shape index (κ2) is 10.3. The highest BCUT2D eigenvalue weighted by atomic mass is 16.5. The Labute approximate surface area is 154 Å². The van der Waals surface area contributed by atoms with Gasteiger partial charge in [0.15, 0.2) is 11.5 Å². The van der Waals surface area contributed by atoms with Crippen molar-refractivity contribution in [3.05, 3.63) is 53.6 Å². The van der Waals surface area contributed by atoms with Crippen LogP contribution in [0.3, 0.4) is 0 Å². The standard InChI is InChI=1S/C20H26N2O4/c1-24-17-7-4-15(5-8-17)10-11-21-14-20(23)22-13-16-6-9-18(25-2)19(12-16)26-3/h4-9,12,21H,10-11,13-14H2,1-3H3,(H,22,23). The van der Waals surface area contributed by atoms with E-state index in [2.05, 4.69) is 10.6 Å². The van der Waals surface area contributed by atoms with Gasteiger partial charge >= 0.3 is 0 Å². The van der Waals surface area contributed by atoms with Crippen molar-refractivity contribution in [1.82, 2.24) is 10.6 Å². The van der Waals surface area contributed by atoms with Crippen LogP contribution in [0, 0.1) is 0 Å². The molecular weight excluding hydrogens is 332 g/mol. The Morgan fingerprint density at radius 1 is 0.885 bits per heavy atom. The van der Waals surface area contributed by atoms with Gasteiger partial charge < -0.3 is 24.8 Å². The van der Waals surface area contributed by atoms with E-state index < -0.39 is 0 Å². The van der Waals surface area contributed by atoms with Crippen LogP contribution in [0.15, 0.2) is 42.5 Å². The Hall–Kier alpha value is -2.73. The molecule has 0 atom stereocenters. The fourth-order valence-electron chi connectivity index (χ4n) is 2.48. The highest BCUT2D eigenvalue weighted by Gasteiger charge is 2.06. The zero-order chi connectivity index (χ0) is 18.8. The van der Waals surface area contributed by atoms with E-state index in [1.165, 1.54) is 5.56 Å². The van der Waals surface area contributed by atoms with Crippen LogP contribution in [0.2, 0.25) is 0 Å². The summed E-state index contributed by atoms with van der Waals surface area (Å²) in [6.45, 7) is 1.46. The monoisotopic (exact) mass is 358 g/mol. The van der Waals surface area contributed by atoms with Crippen LogP contribution < -0.4 is 24.8 Å². The summed E-state index contributed by atoms with van der Waals surface area (Å²) >= 11 is 0. The summed E-state index contributed by atoms with van der Waals surface area (Å²) in [5, 5.41) is 6.04. The van der Waals surface area contributed by atoms with Crippen molar-refractivity contribution in [2.24, 2.45) is 0 Å². The number of hydrogen-bond acceptors (Lipinski definition) is 5. The molecular formula is C20H26N2O4. The molecule has 26 heavy (non-hydrogen) atoms. The van der Waals surface area contributed by atoms with E-state index in [-0.39, 0.29) is 12.5 Å². The van der Waals surface area contributed by atoms with Gasteiger partial charge in [-0.1, -0.05) is 18.2 Å². The van der Waals surface area contributed by atoms with Crippen molar-refractivity contribution in [1.29, 1.82) is 0 Å². The predicted molar refractivity (Wildman–Crippen MR) is 101 cm³/mol. The minimum absolute atomic E-state index is 0.0467. The molecule has 2 rings (SSSR count). The minimum atomic E-state index is -0.0467. The molecule has 2 aromatic rings. The second-order valence-corrected chi connectivity index (χ2v) is 5.74. The zero-order valence-corrected chi connectivity index (χ0v) is 15.5. The molecule has 0 aliphatic carbocycles. The first kappa shape index (κ1) is 19.6. The Morgan fingerprint density at radius 3 is 2.23 bits per heavy atom. The lowest BCUT2D eigenvalue weighted by Gasteiger charge is -2.11. The maximum absolute atomic E-state index is 11.9. The smallest absolute Gasteiger partial charge is 0.234 e. The molecule has 0 radical (unpaired) electrons. The molecule has 0 aromatic heterocycles. The van der Waals surface area contributed by atoms with Crippen LogP contribution in [0.5, 0.6) is 17.2 Å². The van der Waals surface area contributed by atoms with E-state index in [0.29, 0.717) is 18.0 Å². The highest BCUT2D eigenvalue weighted by Crippen LogP contribution is 2.27. The molecule has 0 heterocycles. The summed E-state index contributed by atoms with van der Waals surface area (Å²) in [4.78, 5) is 11.9. The Kier molecular flexibility index (Phi) is 7.76. The molecule has 1 amide bonds. The predicted octanol–water partition coefficient (Wildman–Crippen LogP) is 2.16. The Balaban J connectivity index is 1.68. The van der Waals surface area contributed by atoms with Gasteiger partial charge in [-0.05, 0) is 48.4 Å². The molecule has 0 fully saturated rings. The fraction of sp³-hybridized carbons (Fsp3) is 0.350. The van der Waals surface area contributed by atoms with E-state index in [1.807, 2.05) is 42.5 Å². The molecule has 140 valence electrons. The van der Waals surface area contributed by atoms with Crippen LogP contribution in [0.25, 0.3) is 0 Å². The molecule has 0 bridgehead atoms. The van der Waals surface area contributed by atoms with Crippen LogP contribution in [0.4, 0.5) is 0 Å². The lowest BCUT2D eigenvalue weighted by molar-refractivity contribution is -0.120. The third kappa shape index (κ3) is 5.97. The molecule has 6 nitrogen and oxygen atoms in total. The van der Waals surface area contributed by atoms with E-state index in [9.17, 15) is 4.79 Å². The molecule has 0 spiro atoms. The summed E-state index contributed by atoms with van der Waals surface area (Å²) in [7, 11) is 4.83. The molecule has 0 saturated heterocycles. The summed E-state index contributed by atoms with van der Waals surface area (Å²) in [5.41, 5.74) is 2.15. The number of ether oxygens (including phenoxy) is 3. The lowest BCUT2D eigenvalue weighted by Crippen LogP contribution is -2.34. The van der Waals surface area contributed by atoms with Gasteiger partial charge in [0.05, 0.1) is 27.9 Å². The topological polar surface area (TPSA) is 68.8 Å². The number of methoxy groups -OCH3 is 3. The molecule has 0 aliphatic heterocycles. The second-order valence-electron chi connectivity index (χ2n) is 5.74. The van der Waals surface area contributed by atoms with Gasteiger partial charge in [-0.2, -0.15) is 0 Å². The number of rotatable bonds is 10. The van der Waals surface area contributed by atoms with E-state index >= 15 is 0 Å². The number of carbonyl (C=O) groups excluding carboxylic acids is 1. The van der Waals surface area contributed by atoms with Crippen LogP contribution in [-0.2, 0) is 17.8 Å². The maximum Gasteiger partial charge on any atom is 0.234 e. The number of amides is 1. The van der Waals surface area contributed by atoms with Gasteiger partial charge in [0.25, 0.3) is 0 Å². The summed E-state index contributed by atoms with van der Waals surface area (Å²) in [6, 6.07) is 13.5. The fourth-order valence-corrected chi connectivity index (χ4v) is 2.48. The number of hydrogen-bond donors (Lipinski definition) is 2. The largest absolute Gasteiger partial charge is 0.497 e. The minimum Gasteiger partial charge on any atom is -0.497 e. The van der Waals surface area contributed by atoms with Gasteiger partial charge in [0.2, 0.25) is 5.91 Å². The van der Waals surface area contributed by atoms with Gasteiger partial charge in [0, 0.05) is 6.54 Å². The number of nitrogens with one attached hydrogen (secondary N) is 2. The van der Waals surface area contributed by atoms with Crippen LogP contribution >= 0.6 is 0 Å². The van der Waals surface area contributed by atoms with Crippen LogP contribution in [0.1, 0.15) is 11.1 Å². The third-order valence-corrected chi connectivity index (χ3v) is 3.97. The molecule has 6 heteroatoms. The van der Waals surface area contributed by atoms with E-state index in [0.717, 1.165) is 24.3 Å². The molecule has 0 unspecified atom stereocenters. The summed E-state index contributed by atoms with van der Waals surface area (Å²) < 4.78 is 15.6. The van der Waals surface area contributed by atoms with Gasteiger partial charge in [-0.3, -0.25) is 4.79 Å². The Morgan fingerprint density at radius 2 is 1.58 bits per heavy atom. The average molecular weight is 358 g/mol. The van der Waals surface area contributed by atoms with E-state index in [4.69, 9.17) is 14.2 Å². The maximum atomic E-state index is 11.9. The lowest BCUT2D eigenvalue weighted by atomic mass is 10.1. The van der Waals surface area contributed by atoms with Crippen molar-refractivity contribution >= 4 is 5.91 Å². The first-order valence-electron chi connectivity index (χ1n) is 8.47. The van der Waals surface area contributed by atoms with Crippen LogP contribution in [-0.4, -0.2) is 40.3 Å². The van der Waals surface area contributed by atoms with E-state index in [1.54, 1.807) is 21.3 Å².